The van der Waals surface area contributed by atoms with Crippen LogP contribution in [0.4, 0.5) is 13.2 Å². The van der Waals surface area contributed by atoms with Gasteiger partial charge >= 0.3 is 0 Å². The van der Waals surface area contributed by atoms with Gasteiger partial charge in [-0.3, -0.25) is 0 Å². The molecule has 0 N–H and O–H groups in total. The predicted octanol–water partition coefficient (Wildman–Crippen LogP) is 3.96. The van der Waals surface area contributed by atoms with Gasteiger partial charge in [0.25, 0.3) is 0 Å². The number of benzene rings is 1. The Morgan fingerprint density at radius 3 is 2.33 bits per heavy atom. The number of aromatic nitrogens is 1. The summed E-state index contributed by atoms with van der Waals surface area (Å²) in [5.74, 6) is -4.23. The Morgan fingerprint density at radius 2 is 1.67 bits per heavy atom. The fourth-order valence-electron chi connectivity index (χ4n) is 1.25. The van der Waals surface area contributed by atoms with Crippen molar-refractivity contribution in [3.8, 4) is 0 Å². The van der Waals surface area contributed by atoms with E-state index in [-0.39, 0.29) is 21.1 Å². The van der Waals surface area contributed by atoms with E-state index in [1.165, 1.54) is 6.07 Å². The third-order valence-electron chi connectivity index (χ3n) is 1.88. The topological polar surface area (TPSA) is 12.9 Å². The first-order valence-electron chi connectivity index (χ1n) is 3.80. The molecule has 0 aliphatic rings. The fourth-order valence-corrected chi connectivity index (χ4v) is 1.78. The lowest BCUT2D eigenvalue weighted by Gasteiger charge is -2.04. The van der Waals surface area contributed by atoms with E-state index in [1.54, 1.807) is 0 Å². The van der Waals surface area contributed by atoms with Crippen molar-refractivity contribution in [2.45, 2.75) is 0 Å². The maximum absolute atomic E-state index is 13.3. The van der Waals surface area contributed by atoms with Crippen molar-refractivity contribution < 1.29 is 13.2 Å². The monoisotopic (exact) mass is 251 g/mol. The molecule has 0 fully saturated rings. The van der Waals surface area contributed by atoms with E-state index in [9.17, 15) is 13.2 Å². The first-order chi connectivity index (χ1) is 7.00. The largest absolute Gasteiger partial charge is 0.224 e. The van der Waals surface area contributed by atoms with Gasteiger partial charge in [-0.15, -0.1) is 0 Å². The SMILES string of the molecule is Fc1cc2cc(Cl)nc(Cl)c2c(F)c1F. The van der Waals surface area contributed by atoms with Crippen LogP contribution in [0.1, 0.15) is 0 Å². The van der Waals surface area contributed by atoms with Gasteiger partial charge in [0.1, 0.15) is 10.3 Å². The molecule has 0 saturated carbocycles. The molecule has 0 unspecified atom stereocenters. The van der Waals surface area contributed by atoms with E-state index >= 15 is 0 Å². The summed E-state index contributed by atoms with van der Waals surface area (Å²) in [6, 6.07) is 2.02. The molecule has 0 aliphatic carbocycles. The van der Waals surface area contributed by atoms with Crippen molar-refractivity contribution in [2.24, 2.45) is 0 Å². The Labute approximate surface area is 92.4 Å². The summed E-state index contributed by atoms with van der Waals surface area (Å²) >= 11 is 11.1. The van der Waals surface area contributed by atoms with Crippen LogP contribution in [0.2, 0.25) is 10.3 Å². The zero-order valence-electron chi connectivity index (χ0n) is 6.99. The highest BCUT2D eigenvalue weighted by molar-refractivity contribution is 6.36. The van der Waals surface area contributed by atoms with Gasteiger partial charge in [0, 0.05) is 0 Å². The molecule has 0 bridgehead atoms. The summed E-state index contributed by atoms with van der Waals surface area (Å²) in [6.07, 6.45) is 0. The van der Waals surface area contributed by atoms with E-state index in [2.05, 4.69) is 4.98 Å². The molecule has 0 atom stereocenters. The highest BCUT2D eigenvalue weighted by atomic mass is 35.5. The van der Waals surface area contributed by atoms with Gasteiger partial charge in [0.2, 0.25) is 0 Å². The zero-order chi connectivity index (χ0) is 11.2. The van der Waals surface area contributed by atoms with Crippen molar-refractivity contribution in [1.29, 1.82) is 0 Å². The van der Waals surface area contributed by atoms with Crippen LogP contribution in [0.3, 0.4) is 0 Å². The Balaban J connectivity index is 2.99. The molecule has 6 heteroatoms. The number of rotatable bonds is 0. The minimum absolute atomic E-state index is 0.0158. The van der Waals surface area contributed by atoms with Gasteiger partial charge in [-0.25, -0.2) is 18.2 Å². The van der Waals surface area contributed by atoms with Crippen molar-refractivity contribution in [1.82, 2.24) is 4.98 Å². The number of hydrogen-bond donors (Lipinski definition) is 0. The number of pyridine rings is 1. The van der Waals surface area contributed by atoms with Crippen LogP contribution in [0.25, 0.3) is 10.8 Å². The van der Waals surface area contributed by atoms with Crippen molar-refractivity contribution in [3.63, 3.8) is 0 Å². The van der Waals surface area contributed by atoms with Gasteiger partial charge in [-0.1, -0.05) is 23.2 Å². The highest BCUT2D eigenvalue weighted by Gasteiger charge is 2.16. The standard InChI is InChI=1S/C9H2Cl2F3N/c10-5-2-3-1-4(12)7(13)8(14)6(3)9(11)15-5/h1-2H. The summed E-state index contributed by atoms with van der Waals surface area (Å²) in [5, 5.41) is -0.525. The molecule has 0 radical (unpaired) electrons. The molecule has 1 aromatic heterocycles. The van der Waals surface area contributed by atoms with Crippen LogP contribution in [0.5, 0.6) is 0 Å². The third kappa shape index (κ3) is 1.64. The Hall–Kier alpha value is -1.00. The molecule has 15 heavy (non-hydrogen) atoms. The van der Waals surface area contributed by atoms with Crippen molar-refractivity contribution in [3.05, 3.63) is 39.9 Å². The summed E-state index contributed by atoms with van der Waals surface area (Å²) in [5.41, 5.74) is 0. The molecule has 2 aromatic rings. The molecule has 1 heterocycles. The van der Waals surface area contributed by atoms with Crippen LogP contribution in [-0.4, -0.2) is 4.98 Å². The van der Waals surface area contributed by atoms with Crippen LogP contribution in [-0.2, 0) is 0 Å². The molecule has 1 nitrogen and oxygen atoms in total. The molecular formula is C9H2Cl2F3N. The van der Waals surface area contributed by atoms with Crippen LogP contribution in [0.15, 0.2) is 12.1 Å². The summed E-state index contributed by atoms with van der Waals surface area (Å²) in [6.45, 7) is 0. The van der Waals surface area contributed by atoms with Gasteiger partial charge in [-0.05, 0) is 17.5 Å². The maximum atomic E-state index is 13.3. The molecule has 2 rings (SSSR count). The van der Waals surface area contributed by atoms with E-state index in [0.29, 0.717) is 0 Å². The summed E-state index contributed by atoms with van der Waals surface area (Å²) in [4.78, 5) is 3.54. The van der Waals surface area contributed by atoms with Crippen LogP contribution in [0, 0.1) is 17.5 Å². The van der Waals surface area contributed by atoms with Crippen LogP contribution < -0.4 is 0 Å². The van der Waals surface area contributed by atoms with Crippen LogP contribution >= 0.6 is 23.2 Å². The second-order valence-electron chi connectivity index (χ2n) is 2.82. The second kappa shape index (κ2) is 3.54. The lowest BCUT2D eigenvalue weighted by atomic mass is 10.1. The molecule has 1 aromatic carbocycles. The average molecular weight is 252 g/mol. The number of hydrogen-bond acceptors (Lipinski definition) is 1. The average Bonchev–Trinajstić information content (AvgIpc) is 2.13. The normalized spacial score (nSPS) is 11.0. The van der Waals surface area contributed by atoms with Crippen molar-refractivity contribution in [2.75, 3.05) is 0 Å². The third-order valence-corrected chi connectivity index (χ3v) is 2.35. The Bertz CT molecular complexity index is 557. The van der Waals surface area contributed by atoms with E-state index in [4.69, 9.17) is 23.2 Å². The van der Waals surface area contributed by atoms with E-state index in [1.807, 2.05) is 0 Å². The quantitative estimate of drug-likeness (QED) is 0.510. The van der Waals surface area contributed by atoms with E-state index < -0.39 is 17.5 Å². The predicted molar refractivity (Wildman–Crippen MR) is 51.6 cm³/mol. The van der Waals surface area contributed by atoms with E-state index in [0.717, 1.165) is 6.07 Å². The minimum Gasteiger partial charge on any atom is -0.224 e. The van der Waals surface area contributed by atoms with Crippen molar-refractivity contribution >= 4 is 34.0 Å². The Kier molecular flexibility index (Phi) is 2.48. The number of fused-ring (bicyclic) bond motifs is 1. The van der Waals surface area contributed by atoms with Gasteiger partial charge in [0.05, 0.1) is 5.39 Å². The summed E-state index contributed by atoms with van der Waals surface area (Å²) < 4.78 is 39.0. The second-order valence-corrected chi connectivity index (χ2v) is 3.57. The Morgan fingerprint density at radius 1 is 1.00 bits per heavy atom. The number of halogens is 5. The smallest absolute Gasteiger partial charge is 0.195 e. The molecular weight excluding hydrogens is 250 g/mol. The highest BCUT2D eigenvalue weighted by Crippen LogP contribution is 2.29. The first kappa shape index (κ1) is 10.5. The van der Waals surface area contributed by atoms with Gasteiger partial charge in [0.15, 0.2) is 17.5 Å². The van der Waals surface area contributed by atoms with Gasteiger partial charge < -0.3 is 0 Å². The molecule has 0 amide bonds. The molecule has 0 spiro atoms. The lowest BCUT2D eigenvalue weighted by Crippen LogP contribution is -1.94. The maximum Gasteiger partial charge on any atom is 0.195 e. The fraction of sp³-hybridized carbons (Fsp3) is 0. The molecule has 78 valence electrons. The minimum atomic E-state index is -1.58. The first-order valence-corrected chi connectivity index (χ1v) is 4.55. The lowest BCUT2D eigenvalue weighted by molar-refractivity contribution is 0.453. The zero-order valence-corrected chi connectivity index (χ0v) is 8.50. The molecule has 0 aliphatic heterocycles. The molecule has 0 saturated heterocycles. The summed E-state index contributed by atoms with van der Waals surface area (Å²) in [7, 11) is 0. The number of nitrogens with zero attached hydrogens (tertiary/aromatic N) is 1. The van der Waals surface area contributed by atoms with Gasteiger partial charge in [-0.2, -0.15) is 0 Å².